The molecule has 0 spiro atoms. The van der Waals surface area contributed by atoms with Crippen LogP contribution < -0.4 is 0 Å². The second kappa shape index (κ2) is 7.19. The zero-order valence-corrected chi connectivity index (χ0v) is 15.2. The molecule has 0 bridgehead atoms. The van der Waals surface area contributed by atoms with Crippen molar-refractivity contribution in [3.05, 3.63) is 35.9 Å². The zero-order chi connectivity index (χ0) is 16.1. The second-order valence-electron chi connectivity index (χ2n) is 5.49. The highest BCUT2D eigenvalue weighted by Crippen LogP contribution is 2.24. The number of halogens is 2. The summed E-state index contributed by atoms with van der Waals surface area (Å²) in [6.45, 7) is 5.26. The molecule has 0 N–H and O–H groups in total. The average molecular weight is 416 g/mol. The van der Waals surface area contributed by atoms with Crippen molar-refractivity contribution in [2.45, 2.75) is 38.3 Å². The molecule has 4 nitrogen and oxygen atoms in total. The third-order valence-electron chi connectivity index (χ3n) is 2.50. The standard InChI is InChI=1S/C15H16Br2N2O2/c1-14(2,3)21-12(20)15(10-18,19-13(16)17)9-11-7-5-4-6-8-11/h4-8H,9H2,1-3H3. The molecule has 0 heterocycles. The van der Waals surface area contributed by atoms with Gasteiger partial charge in [0.15, 0.2) is 0 Å². The van der Waals surface area contributed by atoms with Crippen molar-refractivity contribution in [1.82, 2.24) is 0 Å². The molecule has 1 rings (SSSR count). The van der Waals surface area contributed by atoms with E-state index in [4.69, 9.17) is 4.74 Å². The van der Waals surface area contributed by atoms with Crippen LogP contribution in [0.4, 0.5) is 0 Å². The highest BCUT2D eigenvalue weighted by Gasteiger charge is 2.42. The van der Waals surface area contributed by atoms with E-state index in [1.807, 2.05) is 36.4 Å². The van der Waals surface area contributed by atoms with E-state index in [1.165, 1.54) is 0 Å². The van der Waals surface area contributed by atoms with Crippen molar-refractivity contribution in [2.75, 3.05) is 0 Å². The molecule has 0 aliphatic rings. The maximum Gasteiger partial charge on any atom is 0.349 e. The number of hydrogen-bond acceptors (Lipinski definition) is 4. The number of nitrogens with zero attached hydrogens (tertiary/aromatic N) is 2. The number of esters is 1. The van der Waals surface area contributed by atoms with Crippen LogP contribution >= 0.6 is 31.9 Å². The molecule has 21 heavy (non-hydrogen) atoms. The number of hydrogen-bond donors (Lipinski definition) is 0. The van der Waals surface area contributed by atoms with Crippen molar-refractivity contribution >= 4 is 41.4 Å². The molecule has 0 saturated heterocycles. The predicted molar refractivity (Wildman–Crippen MR) is 89.6 cm³/mol. The van der Waals surface area contributed by atoms with E-state index in [0.717, 1.165) is 5.56 Å². The lowest BCUT2D eigenvalue weighted by Crippen LogP contribution is -2.43. The van der Waals surface area contributed by atoms with Gasteiger partial charge < -0.3 is 4.74 Å². The average Bonchev–Trinajstić information content (AvgIpc) is 2.36. The number of ether oxygens (including phenoxy) is 1. The van der Waals surface area contributed by atoms with Crippen LogP contribution in [0.2, 0.25) is 0 Å². The van der Waals surface area contributed by atoms with Crippen molar-refractivity contribution < 1.29 is 9.53 Å². The van der Waals surface area contributed by atoms with Crippen molar-refractivity contribution in [1.29, 1.82) is 5.26 Å². The number of aliphatic imine (C=N–C) groups is 1. The summed E-state index contributed by atoms with van der Waals surface area (Å²) in [5.74, 6) is -0.669. The summed E-state index contributed by atoms with van der Waals surface area (Å²) in [6, 6.07) is 11.2. The van der Waals surface area contributed by atoms with Crippen molar-refractivity contribution in [3.8, 4) is 6.07 Å². The minimum absolute atomic E-state index is 0.139. The molecule has 1 atom stereocenters. The Morgan fingerprint density at radius 3 is 2.29 bits per heavy atom. The second-order valence-corrected chi connectivity index (χ2v) is 8.06. The van der Waals surface area contributed by atoms with E-state index in [-0.39, 0.29) is 6.42 Å². The summed E-state index contributed by atoms with van der Waals surface area (Å²) >= 11 is 6.24. The Balaban J connectivity index is 3.20. The largest absolute Gasteiger partial charge is 0.457 e. The van der Waals surface area contributed by atoms with E-state index >= 15 is 0 Å². The number of carbonyl (C=O) groups is 1. The van der Waals surface area contributed by atoms with Crippen LogP contribution in [0.5, 0.6) is 0 Å². The first-order chi connectivity index (χ1) is 9.68. The first kappa shape index (κ1) is 17.9. The van der Waals surface area contributed by atoms with Crippen LogP contribution in [-0.4, -0.2) is 20.6 Å². The summed E-state index contributed by atoms with van der Waals surface area (Å²) in [6.07, 6.45) is 0.139. The van der Waals surface area contributed by atoms with E-state index in [2.05, 4.69) is 36.9 Å². The van der Waals surface area contributed by atoms with Gasteiger partial charge in [-0.2, -0.15) is 5.26 Å². The molecule has 0 fully saturated rings. The molecular weight excluding hydrogens is 400 g/mol. The molecule has 6 heteroatoms. The van der Waals surface area contributed by atoms with Crippen molar-refractivity contribution in [3.63, 3.8) is 0 Å². The van der Waals surface area contributed by atoms with Gasteiger partial charge in [-0.1, -0.05) is 30.3 Å². The molecule has 112 valence electrons. The fourth-order valence-corrected chi connectivity index (χ4v) is 2.27. The fourth-order valence-electron chi connectivity index (χ4n) is 1.67. The van der Waals surface area contributed by atoms with E-state index in [1.54, 1.807) is 20.8 Å². The zero-order valence-electron chi connectivity index (χ0n) is 12.1. The Morgan fingerprint density at radius 1 is 1.29 bits per heavy atom. The van der Waals surface area contributed by atoms with Crippen LogP contribution in [0.25, 0.3) is 0 Å². The SMILES string of the molecule is CC(C)(C)OC(=O)C(C#N)(Cc1ccccc1)N=C(Br)Br. The summed E-state index contributed by atoms with van der Waals surface area (Å²) in [4.78, 5) is 16.6. The van der Waals surface area contributed by atoms with Crippen LogP contribution in [0.15, 0.2) is 35.3 Å². The Labute approximate surface area is 141 Å². The highest BCUT2D eigenvalue weighted by molar-refractivity contribution is 9.39. The molecule has 0 aliphatic heterocycles. The van der Waals surface area contributed by atoms with Gasteiger partial charge in [-0.25, -0.2) is 9.79 Å². The fraction of sp³-hybridized carbons (Fsp3) is 0.400. The van der Waals surface area contributed by atoms with Gasteiger partial charge in [-0.15, -0.1) is 0 Å². The number of rotatable bonds is 4. The van der Waals surface area contributed by atoms with Gasteiger partial charge >= 0.3 is 5.97 Å². The van der Waals surface area contributed by atoms with Gasteiger partial charge in [-0.3, -0.25) is 0 Å². The summed E-state index contributed by atoms with van der Waals surface area (Å²) < 4.78 is 5.65. The Morgan fingerprint density at radius 2 is 1.86 bits per heavy atom. The van der Waals surface area contributed by atoms with Crippen LogP contribution in [0, 0.1) is 11.3 Å². The summed E-state index contributed by atoms with van der Waals surface area (Å²) in [5.41, 5.74) is -1.49. The first-order valence-electron chi connectivity index (χ1n) is 6.28. The van der Waals surface area contributed by atoms with Crippen LogP contribution in [0.3, 0.4) is 0 Å². The minimum atomic E-state index is -1.63. The van der Waals surface area contributed by atoms with E-state index in [0.29, 0.717) is 3.53 Å². The van der Waals surface area contributed by atoms with Gasteiger partial charge in [0.25, 0.3) is 0 Å². The molecule has 1 aromatic rings. The molecule has 1 aromatic carbocycles. The minimum Gasteiger partial charge on any atom is -0.457 e. The van der Waals surface area contributed by atoms with Gasteiger partial charge in [-0.05, 0) is 58.2 Å². The molecule has 0 saturated carbocycles. The van der Waals surface area contributed by atoms with Gasteiger partial charge in [0.05, 0.1) is 0 Å². The van der Waals surface area contributed by atoms with Gasteiger partial charge in [0.2, 0.25) is 5.54 Å². The molecule has 0 aliphatic carbocycles. The highest BCUT2D eigenvalue weighted by atomic mass is 79.9. The predicted octanol–water partition coefficient (Wildman–Crippen LogP) is 3.98. The number of benzene rings is 1. The maximum atomic E-state index is 12.5. The lowest BCUT2D eigenvalue weighted by atomic mass is 9.92. The molecule has 0 amide bonds. The summed E-state index contributed by atoms with van der Waals surface area (Å²) in [5, 5.41) is 9.55. The normalized spacial score (nSPS) is 13.7. The first-order valence-corrected chi connectivity index (χ1v) is 7.86. The Kier molecular flexibility index (Phi) is 6.11. The molecule has 0 radical (unpaired) electrons. The lowest BCUT2D eigenvalue weighted by Gasteiger charge is -2.26. The quantitative estimate of drug-likeness (QED) is 0.551. The molecule has 1 unspecified atom stereocenters. The Hall–Kier alpha value is -1.19. The van der Waals surface area contributed by atoms with Crippen LogP contribution in [-0.2, 0) is 16.0 Å². The van der Waals surface area contributed by atoms with Gasteiger partial charge in [0.1, 0.15) is 15.2 Å². The molecule has 0 aromatic heterocycles. The third kappa shape index (κ3) is 5.60. The van der Waals surface area contributed by atoms with Crippen LogP contribution in [0.1, 0.15) is 26.3 Å². The smallest absolute Gasteiger partial charge is 0.349 e. The number of nitriles is 1. The van der Waals surface area contributed by atoms with E-state index in [9.17, 15) is 10.1 Å². The monoisotopic (exact) mass is 414 g/mol. The lowest BCUT2D eigenvalue weighted by molar-refractivity contribution is -0.159. The molecular formula is C15H16Br2N2O2. The maximum absolute atomic E-state index is 12.5. The van der Waals surface area contributed by atoms with E-state index < -0.39 is 17.1 Å². The number of carbonyl (C=O) groups excluding carboxylic acids is 1. The third-order valence-corrected chi connectivity index (χ3v) is 2.85. The topological polar surface area (TPSA) is 62.5 Å². The van der Waals surface area contributed by atoms with Crippen molar-refractivity contribution in [2.24, 2.45) is 4.99 Å². The summed E-state index contributed by atoms with van der Waals surface area (Å²) in [7, 11) is 0. The Bertz CT molecular complexity index is 570. The van der Waals surface area contributed by atoms with Gasteiger partial charge in [0, 0.05) is 6.42 Å².